The van der Waals surface area contributed by atoms with Crippen molar-refractivity contribution in [2.24, 2.45) is 5.14 Å². The molecular formula is C21H27NO6S. The Hall–Kier alpha value is -2.58. The zero-order chi connectivity index (χ0) is 21.7. The second kappa shape index (κ2) is 9.28. The van der Waals surface area contributed by atoms with Crippen molar-refractivity contribution in [1.29, 1.82) is 0 Å². The number of esters is 1. The first-order valence-electron chi connectivity index (χ1n) is 9.16. The first-order chi connectivity index (χ1) is 13.5. The average Bonchev–Trinajstić information content (AvgIpc) is 2.64. The minimum absolute atomic E-state index is 0.00205. The summed E-state index contributed by atoms with van der Waals surface area (Å²) in [4.78, 5) is 12.1. The molecule has 29 heavy (non-hydrogen) atoms. The van der Waals surface area contributed by atoms with E-state index >= 15 is 0 Å². The predicted molar refractivity (Wildman–Crippen MR) is 110 cm³/mol. The maximum atomic E-state index is 12.1. The molecule has 8 heteroatoms. The van der Waals surface area contributed by atoms with Crippen LogP contribution in [0.15, 0.2) is 53.4 Å². The molecule has 0 aliphatic carbocycles. The van der Waals surface area contributed by atoms with Gasteiger partial charge in [0.05, 0.1) is 4.90 Å². The third kappa shape index (κ3) is 7.07. The van der Waals surface area contributed by atoms with E-state index in [9.17, 15) is 13.2 Å². The lowest BCUT2D eigenvalue weighted by molar-refractivity contribution is -0.151. The van der Waals surface area contributed by atoms with E-state index in [2.05, 4.69) is 20.8 Å². The van der Waals surface area contributed by atoms with Crippen molar-refractivity contribution >= 4 is 16.0 Å². The summed E-state index contributed by atoms with van der Waals surface area (Å²) in [5.74, 6) is 0.531. The van der Waals surface area contributed by atoms with E-state index in [1.54, 1.807) is 6.92 Å². The Bertz CT molecular complexity index is 915. The Labute approximate surface area is 171 Å². The van der Waals surface area contributed by atoms with Crippen LogP contribution in [0, 0.1) is 0 Å². The summed E-state index contributed by atoms with van der Waals surface area (Å²) in [6.45, 7) is 8.14. The molecule has 2 rings (SSSR count). The summed E-state index contributed by atoms with van der Waals surface area (Å²) >= 11 is 0. The molecule has 0 aliphatic rings. The second-order valence-electron chi connectivity index (χ2n) is 7.57. The molecule has 2 aromatic rings. The normalized spacial score (nSPS) is 12.9. The zero-order valence-corrected chi connectivity index (χ0v) is 17.9. The van der Waals surface area contributed by atoms with Crippen LogP contribution in [0.4, 0.5) is 0 Å². The number of primary sulfonamides is 1. The van der Waals surface area contributed by atoms with Gasteiger partial charge in [0.1, 0.15) is 24.7 Å². The van der Waals surface area contributed by atoms with Gasteiger partial charge in [-0.05, 0) is 54.3 Å². The maximum absolute atomic E-state index is 12.1. The van der Waals surface area contributed by atoms with Crippen molar-refractivity contribution in [3.05, 3.63) is 54.1 Å². The van der Waals surface area contributed by atoms with E-state index < -0.39 is 22.1 Å². The van der Waals surface area contributed by atoms with Crippen molar-refractivity contribution in [3.8, 4) is 11.5 Å². The van der Waals surface area contributed by atoms with Crippen LogP contribution in [0.5, 0.6) is 11.5 Å². The molecule has 0 aliphatic heterocycles. The number of ether oxygens (including phenoxy) is 3. The van der Waals surface area contributed by atoms with Gasteiger partial charge in [-0.25, -0.2) is 18.4 Å². The van der Waals surface area contributed by atoms with Crippen LogP contribution in [0.25, 0.3) is 0 Å². The molecule has 0 radical (unpaired) electrons. The first-order valence-corrected chi connectivity index (χ1v) is 10.7. The monoisotopic (exact) mass is 421 g/mol. The smallest absolute Gasteiger partial charge is 0.347 e. The van der Waals surface area contributed by atoms with Gasteiger partial charge in [-0.15, -0.1) is 0 Å². The molecule has 0 fully saturated rings. The molecule has 2 N–H and O–H groups in total. The van der Waals surface area contributed by atoms with Crippen LogP contribution in [-0.4, -0.2) is 33.7 Å². The fourth-order valence-electron chi connectivity index (χ4n) is 2.43. The molecule has 2 aromatic carbocycles. The lowest BCUT2D eigenvalue weighted by Crippen LogP contribution is -2.27. The minimum Gasteiger partial charge on any atom is -0.490 e. The third-order valence-electron chi connectivity index (χ3n) is 4.11. The largest absolute Gasteiger partial charge is 0.490 e. The molecule has 0 saturated carbocycles. The van der Waals surface area contributed by atoms with Crippen molar-refractivity contribution in [1.82, 2.24) is 0 Å². The van der Waals surface area contributed by atoms with Gasteiger partial charge in [-0.1, -0.05) is 32.9 Å². The topological polar surface area (TPSA) is 105 Å². The van der Waals surface area contributed by atoms with Crippen molar-refractivity contribution in [2.75, 3.05) is 13.2 Å². The molecule has 158 valence electrons. The molecular weight excluding hydrogens is 394 g/mol. The van der Waals surface area contributed by atoms with E-state index in [-0.39, 0.29) is 23.5 Å². The van der Waals surface area contributed by atoms with Gasteiger partial charge >= 0.3 is 5.97 Å². The standard InChI is InChI=1S/C21H27NO6S/c1-15(28-18-7-5-16(6-8-18)21(2,3)4)20(23)27-14-13-26-17-9-11-19(12-10-17)29(22,24)25/h5-12,15H,13-14H2,1-4H3,(H2,22,24,25)/t15-/m1/s1. The molecule has 0 unspecified atom stereocenters. The van der Waals surface area contributed by atoms with Gasteiger partial charge in [0.2, 0.25) is 10.0 Å². The molecule has 0 spiro atoms. The Morgan fingerprint density at radius 3 is 2.03 bits per heavy atom. The van der Waals surface area contributed by atoms with Gasteiger partial charge in [-0.2, -0.15) is 0 Å². The van der Waals surface area contributed by atoms with Crippen LogP contribution in [-0.2, 0) is 25.0 Å². The van der Waals surface area contributed by atoms with Crippen molar-refractivity contribution in [3.63, 3.8) is 0 Å². The lowest BCUT2D eigenvalue weighted by atomic mass is 9.87. The van der Waals surface area contributed by atoms with Crippen LogP contribution < -0.4 is 14.6 Å². The molecule has 0 bridgehead atoms. The van der Waals surface area contributed by atoms with E-state index in [0.717, 1.165) is 0 Å². The maximum Gasteiger partial charge on any atom is 0.347 e. The van der Waals surface area contributed by atoms with E-state index in [1.165, 1.54) is 29.8 Å². The number of carbonyl (C=O) groups excluding carboxylic acids is 1. The van der Waals surface area contributed by atoms with Crippen molar-refractivity contribution in [2.45, 2.75) is 44.1 Å². The molecule has 7 nitrogen and oxygen atoms in total. The van der Waals surface area contributed by atoms with Gasteiger partial charge < -0.3 is 14.2 Å². The summed E-state index contributed by atoms with van der Waals surface area (Å²) in [5.41, 5.74) is 1.22. The number of sulfonamides is 1. The van der Waals surface area contributed by atoms with Gasteiger partial charge in [-0.3, -0.25) is 0 Å². The molecule has 0 saturated heterocycles. The highest BCUT2D eigenvalue weighted by Gasteiger charge is 2.18. The Kier molecular flexibility index (Phi) is 7.26. The quantitative estimate of drug-likeness (QED) is 0.519. The van der Waals surface area contributed by atoms with E-state index in [4.69, 9.17) is 19.3 Å². The molecule has 0 amide bonds. The highest BCUT2D eigenvalue weighted by atomic mass is 32.2. The zero-order valence-electron chi connectivity index (χ0n) is 17.0. The van der Waals surface area contributed by atoms with Crippen molar-refractivity contribution < 1.29 is 27.4 Å². The third-order valence-corrected chi connectivity index (χ3v) is 5.04. The Morgan fingerprint density at radius 1 is 0.966 bits per heavy atom. The summed E-state index contributed by atoms with van der Waals surface area (Å²) in [6, 6.07) is 13.3. The highest BCUT2D eigenvalue weighted by molar-refractivity contribution is 7.89. The Balaban J connectivity index is 1.76. The number of nitrogens with two attached hydrogens (primary N) is 1. The van der Waals surface area contributed by atoms with Crippen LogP contribution in [0.3, 0.4) is 0 Å². The first kappa shape index (κ1) is 22.7. The predicted octanol–water partition coefficient (Wildman–Crippen LogP) is 3.02. The summed E-state index contributed by atoms with van der Waals surface area (Å²) in [5, 5.41) is 5.03. The molecule has 1 atom stereocenters. The minimum atomic E-state index is -3.74. The molecule has 0 aromatic heterocycles. The average molecular weight is 422 g/mol. The van der Waals surface area contributed by atoms with Crippen LogP contribution >= 0.6 is 0 Å². The number of rotatable bonds is 8. The second-order valence-corrected chi connectivity index (χ2v) is 9.13. The van der Waals surface area contributed by atoms with E-state index in [1.807, 2.05) is 24.3 Å². The number of hydrogen-bond acceptors (Lipinski definition) is 6. The number of hydrogen-bond donors (Lipinski definition) is 1. The molecule has 0 heterocycles. The highest BCUT2D eigenvalue weighted by Crippen LogP contribution is 2.24. The van der Waals surface area contributed by atoms with Crippen LogP contribution in [0.1, 0.15) is 33.3 Å². The lowest BCUT2D eigenvalue weighted by Gasteiger charge is -2.20. The number of benzene rings is 2. The summed E-state index contributed by atoms with van der Waals surface area (Å²) in [6.07, 6.45) is -0.760. The Morgan fingerprint density at radius 2 is 1.52 bits per heavy atom. The van der Waals surface area contributed by atoms with E-state index in [0.29, 0.717) is 11.5 Å². The SMILES string of the molecule is C[C@@H](Oc1ccc(C(C)(C)C)cc1)C(=O)OCCOc1ccc(S(N)(=O)=O)cc1. The summed E-state index contributed by atoms with van der Waals surface area (Å²) < 4.78 is 38.6. The fraction of sp³-hybridized carbons (Fsp3) is 0.381. The van der Waals surface area contributed by atoms with Gasteiger partial charge in [0, 0.05) is 0 Å². The van der Waals surface area contributed by atoms with Gasteiger partial charge in [0.15, 0.2) is 6.10 Å². The number of carbonyl (C=O) groups is 1. The van der Waals surface area contributed by atoms with Crippen LogP contribution in [0.2, 0.25) is 0 Å². The summed E-state index contributed by atoms with van der Waals surface area (Å²) in [7, 11) is -3.74. The fourth-order valence-corrected chi connectivity index (χ4v) is 2.95. The van der Waals surface area contributed by atoms with Gasteiger partial charge in [0.25, 0.3) is 0 Å².